The van der Waals surface area contributed by atoms with Crippen molar-refractivity contribution < 1.29 is 60.0 Å². The maximum atomic E-state index is 13.9. The normalized spacial score (nSPS) is 17.7. The number of carbonyl (C=O) groups is 3. The number of aromatic nitrogens is 2. The summed E-state index contributed by atoms with van der Waals surface area (Å²) < 4.78 is 5.95. The molecule has 3 heterocycles. The van der Waals surface area contributed by atoms with Gasteiger partial charge in [0.25, 0.3) is 17.7 Å². The molecule has 2 aromatic carbocycles. The van der Waals surface area contributed by atoms with E-state index in [0.717, 1.165) is 4.68 Å². The number of hydrogen-bond donors (Lipinski definition) is 9. The Morgan fingerprint density at radius 2 is 1.52 bits per heavy atom. The summed E-state index contributed by atoms with van der Waals surface area (Å²) in [6.07, 6.45) is -0.619. The third-order valence-electron chi connectivity index (χ3n) is 7.01. The predicted octanol–water partition coefficient (Wildman–Crippen LogP) is -1.24. The molecule has 17 nitrogen and oxygen atoms in total. The number of aliphatic hydroxyl groups is 4. The van der Waals surface area contributed by atoms with Gasteiger partial charge in [-0.3, -0.25) is 24.2 Å². The number of fused-ring (bicyclic) bond motifs is 1. The van der Waals surface area contributed by atoms with Gasteiger partial charge in [0.05, 0.1) is 24.9 Å². The number of rotatable bonds is 5. The Balaban J connectivity index is 1.72. The van der Waals surface area contributed by atoms with E-state index < -0.39 is 93.7 Å². The summed E-state index contributed by atoms with van der Waals surface area (Å²) in [5, 5.41) is 90.1. The number of phenolic OH excluding ortho intramolecular Hbond substituents is 4. The minimum absolute atomic E-state index is 0.0365. The Kier molecular flexibility index (Phi) is 6.42. The first-order chi connectivity index (χ1) is 19.6. The molecule has 1 saturated heterocycles. The van der Waals surface area contributed by atoms with Gasteiger partial charge in [-0.25, -0.2) is 4.68 Å². The zero-order valence-electron chi connectivity index (χ0n) is 21.7. The zero-order valence-corrected chi connectivity index (χ0v) is 21.7. The Labute approximate surface area is 235 Å². The standard InChI is InChI=1S/C25H25N5O12/c1-42-11-6-4-10(5-7-11)30-15-13(14(27-30)22(26)36)24(38,39)9-28(23(15)37)16-18(32)20(34)17(21(35)19(16)33)29-12(31)3-2-8-25(29,40)41/h4-7,32-35,38-41H,2-3,8-9H2,1H3,(H2,26,36). The summed E-state index contributed by atoms with van der Waals surface area (Å²) >= 11 is 0. The van der Waals surface area contributed by atoms with Crippen molar-refractivity contribution in [1.29, 1.82) is 0 Å². The Morgan fingerprint density at radius 3 is 2.05 bits per heavy atom. The number of phenols is 4. The van der Waals surface area contributed by atoms with Crippen LogP contribution in [0.4, 0.5) is 11.4 Å². The van der Waals surface area contributed by atoms with Crippen LogP contribution in [0.3, 0.4) is 0 Å². The van der Waals surface area contributed by atoms with Crippen LogP contribution in [-0.4, -0.2) is 87.9 Å². The number of amides is 3. The van der Waals surface area contributed by atoms with Gasteiger partial charge in [-0.05, 0) is 30.7 Å². The molecular formula is C25H25N5O12. The number of primary amides is 1. The monoisotopic (exact) mass is 587 g/mol. The van der Waals surface area contributed by atoms with Gasteiger partial charge in [0.15, 0.2) is 28.7 Å². The van der Waals surface area contributed by atoms with Gasteiger partial charge >= 0.3 is 0 Å². The Hall–Kier alpha value is -5.10. The van der Waals surface area contributed by atoms with Crippen molar-refractivity contribution in [2.45, 2.75) is 31.0 Å². The lowest BCUT2D eigenvalue weighted by atomic mass is 9.95. The Bertz CT molecular complexity index is 1620. The van der Waals surface area contributed by atoms with Gasteiger partial charge < -0.3 is 51.3 Å². The van der Waals surface area contributed by atoms with Gasteiger partial charge in [-0.15, -0.1) is 0 Å². The molecule has 17 heteroatoms. The van der Waals surface area contributed by atoms with Crippen molar-refractivity contribution in [2.24, 2.45) is 5.73 Å². The maximum Gasteiger partial charge on any atom is 0.277 e. The second-order valence-corrected chi connectivity index (χ2v) is 9.70. The maximum absolute atomic E-state index is 13.9. The molecule has 10 N–H and O–H groups in total. The largest absolute Gasteiger partial charge is 0.503 e. The number of nitrogens with two attached hydrogens (primary N) is 1. The predicted molar refractivity (Wildman–Crippen MR) is 138 cm³/mol. The van der Waals surface area contributed by atoms with Crippen molar-refractivity contribution in [3.05, 3.63) is 41.2 Å². The van der Waals surface area contributed by atoms with E-state index in [1.807, 2.05) is 0 Å². The molecule has 0 saturated carbocycles. The van der Waals surface area contributed by atoms with Crippen molar-refractivity contribution in [3.8, 4) is 34.4 Å². The molecule has 3 aromatic rings. The second-order valence-electron chi connectivity index (χ2n) is 9.70. The van der Waals surface area contributed by atoms with E-state index in [4.69, 9.17) is 10.5 Å². The third-order valence-corrected chi connectivity index (χ3v) is 7.01. The SMILES string of the molecule is COc1ccc(-n2nc(C(N)=O)c3c2C(=O)N(c2c(O)c(O)c(N4C(=O)CCCC4(O)O)c(O)c2O)CC3(O)O)cc1. The summed E-state index contributed by atoms with van der Waals surface area (Å²) in [4.78, 5) is 39.1. The zero-order chi connectivity index (χ0) is 30.9. The number of carbonyl (C=O) groups excluding carboxylic acids is 3. The van der Waals surface area contributed by atoms with Crippen LogP contribution in [0.5, 0.6) is 28.7 Å². The van der Waals surface area contributed by atoms with E-state index in [-0.39, 0.29) is 23.4 Å². The van der Waals surface area contributed by atoms with Crippen LogP contribution < -0.4 is 20.3 Å². The molecule has 1 fully saturated rings. The summed E-state index contributed by atoms with van der Waals surface area (Å²) in [5.41, 5.74) is 1.36. The third kappa shape index (κ3) is 4.10. The van der Waals surface area contributed by atoms with E-state index in [1.54, 1.807) is 0 Å². The highest BCUT2D eigenvalue weighted by Crippen LogP contribution is 2.58. The first-order valence-electron chi connectivity index (χ1n) is 12.2. The number of aromatic hydroxyl groups is 4. The molecule has 0 unspecified atom stereocenters. The number of methoxy groups -OCH3 is 1. The average molecular weight is 587 g/mol. The van der Waals surface area contributed by atoms with Gasteiger partial charge in [-0.2, -0.15) is 5.10 Å². The summed E-state index contributed by atoms with van der Waals surface area (Å²) in [6, 6.07) is 5.76. The quantitative estimate of drug-likeness (QED) is 0.0960. The van der Waals surface area contributed by atoms with Crippen LogP contribution >= 0.6 is 0 Å². The smallest absolute Gasteiger partial charge is 0.277 e. The number of piperidine rings is 1. The molecule has 0 radical (unpaired) electrons. The van der Waals surface area contributed by atoms with Crippen LogP contribution in [-0.2, 0) is 10.6 Å². The molecule has 222 valence electrons. The molecule has 0 atom stereocenters. The number of hydrogen-bond acceptors (Lipinski definition) is 13. The van der Waals surface area contributed by atoms with E-state index in [1.165, 1.54) is 31.4 Å². The van der Waals surface area contributed by atoms with Crippen LogP contribution in [0.1, 0.15) is 45.8 Å². The number of nitrogens with zero attached hydrogens (tertiary/aromatic N) is 4. The minimum atomic E-state index is -3.10. The van der Waals surface area contributed by atoms with Gasteiger partial charge in [0, 0.05) is 12.8 Å². The van der Waals surface area contributed by atoms with E-state index >= 15 is 0 Å². The molecule has 42 heavy (non-hydrogen) atoms. The highest BCUT2D eigenvalue weighted by Gasteiger charge is 2.51. The van der Waals surface area contributed by atoms with E-state index in [2.05, 4.69) is 5.10 Å². The first-order valence-corrected chi connectivity index (χ1v) is 12.2. The second kappa shape index (κ2) is 9.48. The average Bonchev–Trinajstić information content (AvgIpc) is 3.35. The fraction of sp³-hybridized carbons (Fsp3) is 0.280. The molecule has 2 aliphatic heterocycles. The number of anilines is 2. The van der Waals surface area contributed by atoms with Crippen molar-refractivity contribution in [1.82, 2.24) is 9.78 Å². The topological polar surface area (TPSA) is 273 Å². The van der Waals surface area contributed by atoms with Crippen LogP contribution in [0, 0.1) is 0 Å². The van der Waals surface area contributed by atoms with Crippen LogP contribution in [0.2, 0.25) is 0 Å². The summed E-state index contributed by atoms with van der Waals surface area (Å²) in [6.45, 7) is -1.20. The van der Waals surface area contributed by atoms with Gasteiger partial charge in [0.1, 0.15) is 22.8 Å². The number of benzene rings is 2. The fourth-order valence-electron chi connectivity index (χ4n) is 5.10. The lowest BCUT2D eigenvalue weighted by molar-refractivity contribution is -0.181. The molecular weight excluding hydrogens is 562 g/mol. The Morgan fingerprint density at radius 1 is 0.952 bits per heavy atom. The fourth-order valence-corrected chi connectivity index (χ4v) is 5.10. The van der Waals surface area contributed by atoms with E-state index in [9.17, 15) is 55.2 Å². The van der Waals surface area contributed by atoms with Gasteiger partial charge in [0.2, 0.25) is 11.7 Å². The lowest BCUT2D eigenvalue weighted by Crippen LogP contribution is -2.55. The number of ether oxygens (including phenoxy) is 1. The number of β-amino-alcohol motifs (C(OH)–C–C–N with tert-alkyl or cyclic N) is 2. The minimum Gasteiger partial charge on any atom is -0.503 e. The molecule has 1 aromatic heterocycles. The van der Waals surface area contributed by atoms with Crippen molar-refractivity contribution in [3.63, 3.8) is 0 Å². The molecule has 5 rings (SSSR count). The summed E-state index contributed by atoms with van der Waals surface area (Å²) in [7, 11) is 1.40. The first kappa shape index (κ1) is 28.4. The molecule has 0 bridgehead atoms. The van der Waals surface area contributed by atoms with Crippen molar-refractivity contribution in [2.75, 3.05) is 23.5 Å². The highest BCUT2D eigenvalue weighted by atomic mass is 16.5. The van der Waals surface area contributed by atoms with E-state index in [0.29, 0.717) is 10.6 Å². The lowest BCUT2D eigenvalue weighted by Gasteiger charge is -2.40. The van der Waals surface area contributed by atoms with Crippen molar-refractivity contribution >= 4 is 29.1 Å². The van der Waals surface area contributed by atoms with Gasteiger partial charge in [-0.1, -0.05) is 0 Å². The highest BCUT2D eigenvalue weighted by molar-refractivity contribution is 6.13. The molecule has 0 spiro atoms. The molecule has 3 amide bonds. The summed E-state index contributed by atoms with van der Waals surface area (Å²) in [5.74, 6) is -14.5. The molecule has 0 aliphatic carbocycles. The van der Waals surface area contributed by atoms with Crippen LogP contribution in [0.15, 0.2) is 24.3 Å². The van der Waals surface area contributed by atoms with Crippen LogP contribution in [0.25, 0.3) is 5.69 Å². The molecule has 2 aliphatic rings.